The number of halogens is 1. The Labute approximate surface area is 123 Å². The summed E-state index contributed by atoms with van der Waals surface area (Å²) in [6.07, 6.45) is 2.72. The number of ether oxygens (including phenoxy) is 2. The molecule has 0 amide bonds. The molecule has 3 rings (SSSR count). The van der Waals surface area contributed by atoms with Crippen LogP contribution in [0.4, 0.5) is 4.39 Å². The average molecular weight is 284 g/mol. The summed E-state index contributed by atoms with van der Waals surface area (Å²) in [4.78, 5) is 0. The molecule has 1 heterocycles. The van der Waals surface area contributed by atoms with E-state index in [9.17, 15) is 4.39 Å². The van der Waals surface area contributed by atoms with Crippen molar-refractivity contribution in [2.75, 3.05) is 6.61 Å². The van der Waals surface area contributed by atoms with E-state index in [1.165, 1.54) is 17.7 Å². The lowest BCUT2D eigenvalue weighted by Crippen LogP contribution is -2.20. The van der Waals surface area contributed by atoms with Crippen molar-refractivity contribution in [3.63, 3.8) is 0 Å². The van der Waals surface area contributed by atoms with E-state index in [4.69, 9.17) is 9.47 Å². The van der Waals surface area contributed by atoms with E-state index in [1.807, 2.05) is 18.2 Å². The Balaban J connectivity index is 1.51. The van der Waals surface area contributed by atoms with Crippen molar-refractivity contribution in [2.45, 2.75) is 19.1 Å². The normalized spacial score (nSPS) is 16.3. The predicted molar refractivity (Wildman–Crippen MR) is 80.7 cm³/mol. The Morgan fingerprint density at radius 1 is 1.24 bits per heavy atom. The summed E-state index contributed by atoms with van der Waals surface area (Å²) in [5.41, 5.74) is 3.26. The molecule has 0 saturated carbocycles. The van der Waals surface area contributed by atoms with Gasteiger partial charge in [0.05, 0.1) is 13.2 Å². The lowest BCUT2D eigenvalue weighted by atomic mass is 10.1. The van der Waals surface area contributed by atoms with Gasteiger partial charge in [-0.3, -0.25) is 0 Å². The highest BCUT2D eigenvalue weighted by Crippen LogP contribution is 2.30. The zero-order valence-corrected chi connectivity index (χ0v) is 11.7. The highest BCUT2D eigenvalue weighted by molar-refractivity contribution is 5.52. The summed E-state index contributed by atoms with van der Waals surface area (Å²) in [6.45, 7) is 4.76. The molecule has 0 fully saturated rings. The van der Waals surface area contributed by atoms with Gasteiger partial charge in [0.2, 0.25) is 0 Å². The second-order valence-corrected chi connectivity index (χ2v) is 5.16. The molecule has 0 radical (unpaired) electrons. The molecular weight excluding hydrogens is 267 g/mol. The summed E-state index contributed by atoms with van der Waals surface area (Å²) >= 11 is 0. The van der Waals surface area contributed by atoms with E-state index in [0.717, 1.165) is 23.3 Å². The first-order chi connectivity index (χ1) is 10.2. The molecule has 0 bridgehead atoms. The first kappa shape index (κ1) is 13.8. The summed E-state index contributed by atoms with van der Waals surface area (Å²) in [5.74, 6) is 0.697. The van der Waals surface area contributed by atoms with E-state index in [-0.39, 0.29) is 11.9 Å². The minimum absolute atomic E-state index is 0.0421. The van der Waals surface area contributed by atoms with Gasteiger partial charge >= 0.3 is 0 Å². The van der Waals surface area contributed by atoms with Crippen LogP contribution >= 0.6 is 0 Å². The van der Waals surface area contributed by atoms with E-state index < -0.39 is 0 Å². The molecule has 1 aliphatic heterocycles. The fourth-order valence-corrected chi connectivity index (χ4v) is 2.45. The molecule has 108 valence electrons. The Morgan fingerprint density at radius 3 is 2.81 bits per heavy atom. The first-order valence-electron chi connectivity index (χ1n) is 6.99. The molecule has 21 heavy (non-hydrogen) atoms. The third-order valence-corrected chi connectivity index (χ3v) is 3.55. The molecular formula is C18H17FO2. The smallest absolute Gasteiger partial charge is 0.126 e. The maximum Gasteiger partial charge on any atom is 0.126 e. The second kappa shape index (κ2) is 6.10. The van der Waals surface area contributed by atoms with Gasteiger partial charge < -0.3 is 9.47 Å². The highest BCUT2D eigenvalue weighted by Gasteiger charge is 2.22. The lowest BCUT2D eigenvalue weighted by Gasteiger charge is -2.11. The molecule has 0 aromatic heterocycles. The average Bonchev–Trinajstić information content (AvgIpc) is 2.91. The van der Waals surface area contributed by atoms with Crippen molar-refractivity contribution < 1.29 is 13.9 Å². The summed E-state index contributed by atoms with van der Waals surface area (Å²) in [6, 6.07) is 12.4. The van der Waals surface area contributed by atoms with Gasteiger partial charge in [0.25, 0.3) is 0 Å². The molecule has 2 aromatic carbocycles. The number of hydrogen-bond donors (Lipinski definition) is 0. The minimum atomic E-state index is -0.230. The van der Waals surface area contributed by atoms with E-state index in [0.29, 0.717) is 13.2 Å². The monoisotopic (exact) mass is 284 g/mol. The summed E-state index contributed by atoms with van der Waals surface area (Å²) < 4.78 is 24.3. The van der Waals surface area contributed by atoms with Crippen LogP contribution in [-0.4, -0.2) is 12.7 Å². The Kier molecular flexibility index (Phi) is 4.02. The molecule has 1 unspecified atom stereocenters. The fourth-order valence-electron chi connectivity index (χ4n) is 2.45. The van der Waals surface area contributed by atoms with Crippen LogP contribution in [0.2, 0.25) is 0 Å². The van der Waals surface area contributed by atoms with Gasteiger partial charge in [0.1, 0.15) is 17.7 Å². The van der Waals surface area contributed by atoms with Crippen molar-refractivity contribution >= 4 is 6.08 Å². The minimum Gasteiger partial charge on any atom is -0.487 e. The van der Waals surface area contributed by atoms with Crippen LogP contribution in [0, 0.1) is 5.82 Å². The zero-order valence-electron chi connectivity index (χ0n) is 11.7. The molecule has 1 atom stereocenters. The summed E-state index contributed by atoms with van der Waals surface area (Å²) in [7, 11) is 0. The van der Waals surface area contributed by atoms with Crippen LogP contribution < -0.4 is 4.74 Å². The Morgan fingerprint density at radius 2 is 2.05 bits per heavy atom. The van der Waals surface area contributed by atoms with Gasteiger partial charge in [-0.1, -0.05) is 30.9 Å². The van der Waals surface area contributed by atoms with Crippen molar-refractivity contribution in [3.8, 4) is 5.75 Å². The number of fused-ring (bicyclic) bond motifs is 1. The van der Waals surface area contributed by atoms with Crippen LogP contribution in [0.3, 0.4) is 0 Å². The number of benzene rings is 2. The topological polar surface area (TPSA) is 18.5 Å². The van der Waals surface area contributed by atoms with Crippen LogP contribution in [0.25, 0.3) is 6.08 Å². The van der Waals surface area contributed by atoms with Crippen molar-refractivity contribution in [1.82, 2.24) is 0 Å². The van der Waals surface area contributed by atoms with Gasteiger partial charge in [-0.15, -0.1) is 0 Å². The molecule has 0 spiro atoms. The van der Waals surface area contributed by atoms with Crippen LogP contribution in [0.1, 0.15) is 16.7 Å². The molecule has 0 aliphatic carbocycles. The maximum absolute atomic E-state index is 12.8. The predicted octanol–water partition coefficient (Wildman–Crippen LogP) is 3.99. The van der Waals surface area contributed by atoms with Crippen molar-refractivity contribution in [3.05, 3.63) is 71.6 Å². The van der Waals surface area contributed by atoms with Gasteiger partial charge in [-0.2, -0.15) is 0 Å². The van der Waals surface area contributed by atoms with Crippen LogP contribution in [-0.2, 0) is 17.8 Å². The second-order valence-electron chi connectivity index (χ2n) is 5.16. The third kappa shape index (κ3) is 3.31. The van der Waals surface area contributed by atoms with Gasteiger partial charge in [0.15, 0.2) is 0 Å². The zero-order chi connectivity index (χ0) is 14.7. The van der Waals surface area contributed by atoms with Crippen LogP contribution in [0.15, 0.2) is 49.0 Å². The quantitative estimate of drug-likeness (QED) is 0.826. The van der Waals surface area contributed by atoms with E-state index >= 15 is 0 Å². The number of hydrogen-bond acceptors (Lipinski definition) is 2. The van der Waals surface area contributed by atoms with Gasteiger partial charge in [-0.25, -0.2) is 4.39 Å². The fraction of sp³-hybridized carbons (Fsp3) is 0.222. The van der Waals surface area contributed by atoms with E-state index in [2.05, 4.69) is 12.6 Å². The van der Waals surface area contributed by atoms with Crippen LogP contribution in [0.5, 0.6) is 5.75 Å². The number of rotatable bonds is 5. The SMILES string of the molecule is C=Cc1ccc2c(c1)CC(COCc1ccc(F)cc1)O2. The molecule has 0 N–H and O–H groups in total. The van der Waals surface area contributed by atoms with Crippen molar-refractivity contribution in [2.24, 2.45) is 0 Å². The Hall–Kier alpha value is -2.13. The molecule has 2 nitrogen and oxygen atoms in total. The Bertz CT molecular complexity index is 634. The van der Waals surface area contributed by atoms with Gasteiger partial charge in [0, 0.05) is 6.42 Å². The van der Waals surface area contributed by atoms with Crippen molar-refractivity contribution in [1.29, 1.82) is 0 Å². The first-order valence-corrected chi connectivity index (χ1v) is 6.99. The molecule has 3 heteroatoms. The molecule has 1 aliphatic rings. The molecule has 0 saturated heterocycles. The molecule has 2 aromatic rings. The standard InChI is InChI=1S/C18H17FO2/c1-2-13-5-8-18-15(9-13)10-17(21-18)12-20-11-14-3-6-16(19)7-4-14/h2-9,17H,1,10-12H2. The highest BCUT2D eigenvalue weighted by atomic mass is 19.1. The van der Waals surface area contributed by atoms with E-state index in [1.54, 1.807) is 12.1 Å². The van der Waals surface area contributed by atoms with Gasteiger partial charge in [-0.05, 0) is 41.0 Å². The summed E-state index contributed by atoms with van der Waals surface area (Å²) in [5, 5.41) is 0. The largest absolute Gasteiger partial charge is 0.487 e. The third-order valence-electron chi connectivity index (χ3n) is 3.55. The maximum atomic E-state index is 12.8. The lowest BCUT2D eigenvalue weighted by molar-refractivity contribution is 0.0510.